The number of hydrogen-bond acceptors (Lipinski definition) is 7. The molecule has 2 heterocycles. The van der Waals surface area contributed by atoms with Crippen LogP contribution in [0.3, 0.4) is 0 Å². The Balaban J connectivity index is 1.51. The van der Waals surface area contributed by atoms with Gasteiger partial charge in [0, 0.05) is 37.3 Å². The fourth-order valence-electron chi connectivity index (χ4n) is 2.72. The number of hydrogen-bond donors (Lipinski definition) is 2. The number of carbonyl (C=O) groups is 3. The molecule has 1 saturated heterocycles. The van der Waals surface area contributed by atoms with Crippen LogP contribution in [0.15, 0.2) is 29.4 Å². The molecular weight excluding hydrogens is 352 g/mol. The minimum Gasteiger partial charge on any atom is -0.448 e. The number of rotatable bonds is 5. The molecule has 9 heteroatoms. The van der Waals surface area contributed by atoms with Crippen LogP contribution in [0, 0.1) is 0 Å². The minimum absolute atomic E-state index is 0.101. The first-order chi connectivity index (χ1) is 13.0. The first-order valence-electron chi connectivity index (χ1n) is 8.83. The number of amides is 2. The Hall–Kier alpha value is -2.94. The van der Waals surface area contributed by atoms with Crippen molar-refractivity contribution in [2.45, 2.75) is 25.9 Å². The number of ether oxygens (including phenoxy) is 2. The Morgan fingerprint density at radius 3 is 2.56 bits per heavy atom. The maximum atomic E-state index is 12.2. The van der Waals surface area contributed by atoms with Crippen LogP contribution in [0.5, 0.6) is 0 Å². The number of nitrogens with zero attached hydrogens (tertiary/aromatic N) is 2. The molecule has 1 aromatic carbocycles. The van der Waals surface area contributed by atoms with Gasteiger partial charge in [-0.3, -0.25) is 9.59 Å². The highest BCUT2D eigenvalue weighted by atomic mass is 16.5. The second-order valence-electron chi connectivity index (χ2n) is 6.28. The van der Waals surface area contributed by atoms with Crippen LogP contribution in [-0.2, 0) is 23.9 Å². The summed E-state index contributed by atoms with van der Waals surface area (Å²) in [6.45, 7) is 4.57. The van der Waals surface area contributed by atoms with Gasteiger partial charge in [-0.05, 0) is 31.2 Å². The summed E-state index contributed by atoms with van der Waals surface area (Å²) in [5, 5.41) is 6.38. The van der Waals surface area contributed by atoms with Gasteiger partial charge in [0.15, 0.2) is 6.10 Å². The molecule has 2 amide bonds. The molecule has 0 bridgehead atoms. The Kier molecular flexibility index (Phi) is 6.02. The lowest BCUT2D eigenvalue weighted by molar-refractivity contribution is -0.146. The van der Waals surface area contributed by atoms with E-state index in [1.807, 2.05) is 12.1 Å². The fraction of sp³-hybridized carbons (Fsp3) is 0.444. The molecular formula is C18H22N4O5. The normalized spacial score (nSPS) is 18.2. The smallest absolute Gasteiger partial charge is 0.355 e. The predicted octanol–water partition coefficient (Wildman–Crippen LogP) is 0.659. The third kappa shape index (κ3) is 5.04. The number of esters is 1. The minimum atomic E-state index is -0.989. The molecule has 144 valence electrons. The highest BCUT2D eigenvalue weighted by Gasteiger charge is 2.24. The number of anilines is 2. The number of carbonyl (C=O) groups excluding carboxylic acids is 3. The van der Waals surface area contributed by atoms with Gasteiger partial charge in [-0.25, -0.2) is 10.2 Å². The summed E-state index contributed by atoms with van der Waals surface area (Å²) in [5.41, 5.74) is 4.00. The SMILES string of the molecule is C[C@H](OC(=O)C1=NNC(=O)CC1)C(=O)Nc1ccc(N2CCOCC2)cc1. The number of nitrogens with one attached hydrogen (secondary N) is 2. The number of hydrazone groups is 1. The third-order valence-corrected chi connectivity index (χ3v) is 4.30. The molecule has 0 saturated carbocycles. The molecule has 0 aromatic heterocycles. The third-order valence-electron chi connectivity index (χ3n) is 4.30. The van der Waals surface area contributed by atoms with Crippen LogP contribution in [0.1, 0.15) is 19.8 Å². The Morgan fingerprint density at radius 2 is 1.93 bits per heavy atom. The van der Waals surface area contributed by atoms with Crippen LogP contribution >= 0.6 is 0 Å². The summed E-state index contributed by atoms with van der Waals surface area (Å²) in [6.07, 6.45) is -0.622. The highest BCUT2D eigenvalue weighted by molar-refractivity contribution is 6.37. The molecule has 9 nitrogen and oxygen atoms in total. The molecule has 27 heavy (non-hydrogen) atoms. The molecule has 1 atom stereocenters. The van der Waals surface area contributed by atoms with Crippen molar-refractivity contribution in [2.75, 3.05) is 36.5 Å². The topological polar surface area (TPSA) is 109 Å². The first kappa shape index (κ1) is 18.8. The van der Waals surface area contributed by atoms with Crippen molar-refractivity contribution >= 4 is 34.9 Å². The van der Waals surface area contributed by atoms with Crippen molar-refractivity contribution in [1.29, 1.82) is 0 Å². The van der Waals surface area contributed by atoms with Crippen molar-refractivity contribution in [2.24, 2.45) is 5.10 Å². The molecule has 2 N–H and O–H groups in total. The van der Waals surface area contributed by atoms with E-state index in [0.29, 0.717) is 18.9 Å². The standard InChI is InChI=1S/C18H22N4O5/c1-12(27-18(25)15-6-7-16(23)21-20-15)17(24)19-13-2-4-14(5-3-13)22-8-10-26-11-9-22/h2-5,12H,6-11H2,1H3,(H,19,24)(H,21,23)/t12-/m0/s1. The summed E-state index contributed by atoms with van der Waals surface area (Å²) < 4.78 is 10.5. The average Bonchev–Trinajstić information content (AvgIpc) is 2.69. The molecule has 0 radical (unpaired) electrons. The van der Waals surface area contributed by atoms with Gasteiger partial charge in [0.05, 0.1) is 13.2 Å². The molecule has 2 aliphatic rings. The predicted molar refractivity (Wildman–Crippen MR) is 98.5 cm³/mol. The number of benzene rings is 1. The molecule has 0 spiro atoms. The van der Waals surface area contributed by atoms with E-state index in [-0.39, 0.29) is 24.5 Å². The average molecular weight is 374 g/mol. The van der Waals surface area contributed by atoms with Gasteiger partial charge in [-0.2, -0.15) is 5.10 Å². The van der Waals surface area contributed by atoms with Gasteiger partial charge >= 0.3 is 5.97 Å². The maximum Gasteiger partial charge on any atom is 0.355 e. The lowest BCUT2D eigenvalue weighted by atomic mass is 10.2. The molecule has 3 rings (SSSR count). The lowest BCUT2D eigenvalue weighted by Crippen LogP contribution is -2.36. The Labute approximate surface area is 156 Å². The summed E-state index contributed by atoms with van der Waals surface area (Å²) in [7, 11) is 0. The van der Waals surface area contributed by atoms with Crippen LogP contribution in [0.4, 0.5) is 11.4 Å². The van der Waals surface area contributed by atoms with Crippen molar-refractivity contribution < 1.29 is 23.9 Å². The first-order valence-corrected chi connectivity index (χ1v) is 8.83. The van der Waals surface area contributed by atoms with E-state index in [1.54, 1.807) is 12.1 Å². The molecule has 1 fully saturated rings. The van der Waals surface area contributed by atoms with Gasteiger partial charge in [0.1, 0.15) is 5.71 Å². The molecule has 1 aromatic rings. The van der Waals surface area contributed by atoms with E-state index in [2.05, 4.69) is 20.7 Å². The fourth-order valence-corrected chi connectivity index (χ4v) is 2.72. The van der Waals surface area contributed by atoms with E-state index in [4.69, 9.17) is 9.47 Å². The summed E-state index contributed by atoms with van der Waals surface area (Å²) in [5.74, 6) is -1.40. The maximum absolute atomic E-state index is 12.2. The van der Waals surface area contributed by atoms with Crippen molar-refractivity contribution in [3.63, 3.8) is 0 Å². The molecule has 2 aliphatic heterocycles. The van der Waals surface area contributed by atoms with E-state index in [1.165, 1.54) is 6.92 Å². The quantitative estimate of drug-likeness (QED) is 0.733. The Morgan fingerprint density at radius 1 is 1.22 bits per heavy atom. The summed E-state index contributed by atoms with van der Waals surface area (Å²) >= 11 is 0. The zero-order valence-electron chi connectivity index (χ0n) is 15.1. The van der Waals surface area contributed by atoms with Crippen LogP contribution in [0.25, 0.3) is 0 Å². The summed E-state index contributed by atoms with van der Waals surface area (Å²) in [4.78, 5) is 37.5. The highest BCUT2D eigenvalue weighted by Crippen LogP contribution is 2.19. The van der Waals surface area contributed by atoms with Gasteiger partial charge in [0.2, 0.25) is 5.91 Å². The van der Waals surface area contributed by atoms with Gasteiger partial charge < -0.3 is 19.7 Å². The van der Waals surface area contributed by atoms with Crippen LogP contribution < -0.4 is 15.6 Å². The second-order valence-corrected chi connectivity index (χ2v) is 6.28. The molecule has 0 unspecified atom stereocenters. The molecule has 0 aliphatic carbocycles. The number of morpholine rings is 1. The summed E-state index contributed by atoms with van der Waals surface area (Å²) in [6, 6.07) is 7.46. The zero-order valence-corrected chi connectivity index (χ0v) is 15.1. The van der Waals surface area contributed by atoms with E-state index in [9.17, 15) is 14.4 Å². The van der Waals surface area contributed by atoms with Crippen molar-refractivity contribution in [3.05, 3.63) is 24.3 Å². The van der Waals surface area contributed by atoms with Crippen molar-refractivity contribution in [3.8, 4) is 0 Å². The van der Waals surface area contributed by atoms with Crippen LogP contribution in [-0.4, -0.2) is 55.9 Å². The van der Waals surface area contributed by atoms with Crippen LogP contribution in [0.2, 0.25) is 0 Å². The van der Waals surface area contributed by atoms with E-state index in [0.717, 1.165) is 18.8 Å². The Bertz CT molecular complexity index is 741. The monoisotopic (exact) mass is 374 g/mol. The van der Waals surface area contributed by atoms with E-state index >= 15 is 0 Å². The van der Waals surface area contributed by atoms with Gasteiger partial charge in [-0.15, -0.1) is 0 Å². The van der Waals surface area contributed by atoms with E-state index < -0.39 is 18.0 Å². The lowest BCUT2D eigenvalue weighted by Gasteiger charge is -2.28. The van der Waals surface area contributed by atoms with Gasteiger partial charge in [-0.1, -0.05) is 0 Å². The van der Waals surface area contributed by atoms with Gasteiger partial charge in [0.25, 0.3) is 5.91 Å². The zero-order chi connectivity index (χ0) is 19.2. The van der Waals surface area contributed by atoms with Crippen molar-refractivity contribution in [1.82, 2.24) is 5.43 Å². The second kappa shape index (κ2) is 8.63. The largest absolute Gasteiger partial charge is 0.448 e.